The van der Waals surface area contributed by atoms with Gasteiger partial charge in [-0.05, 0) is 0 Å². The SMILES string of the molecule is Cn1ncc(N2CCOCC2)c(C#N)c1=O. The maximum Gasteiger partial charge on any atom is 0.286 e. The number of anilines is 1. The Kier molecular flexibility index (Phi) is 2.88. The molecule has 0 amide bonds. The highest BCUT2D eigenvalue weighted by molar-refractivity contribution is 5.56. The van der Waals surface area contributed by atoms with Crippen LogP contribution in [0.2, 0.25) is 0 Å². The standard InChI is InChI=1S/C10H12N4O2/c1-13-10(15)8(6-11)9(7-12-13)14-2-4-16-5-3-14/h7H,2-5H2,1H3. The Balaban J connectivity index is 2.44. The minimum atomic E-state index is -0.355. The molecule has 1 aliphatic heterocycles. The number of hydrogen-bond donors (Lipinski definition) is 0. The molecule has 0 atom stereocenters. The van der Waals surface area contributed by atoms with Gasteiger partial charge in [-0.25, -0.2) is 4.68 Å². The molecule has 0 aliphatic carbocycles. The third-order valence-corrected chi connectivity index (χ3v) is 2.58. The highest BCUT2D eigenvalue weighted by atomic mass is 16.5. The number of aryl methyl sites for hydroxylation is 1. The molecule has 0 aromatic carbocycles. The van der Waals surface area contributed by atoms with Crippen molar-refractivity contribution in [1.82, 2.24) is 9.78 Å². The van der Waals surface area contributed by atoms with Gasteiger partial charge in [0.05, 0.1) is 25.1 Å². The van der Waals surface area contributed by atoms with Crippen molar-refractivity contribution < 1.29 is 4.74 Å². The second-order valence-corrected chi connectivity index (χ2v) is 3.54. The van der Waals surface area contributed by atoms with E-state index in [9.17, 15) is 4.79 Å². The highest BCUT2D eigenvalue weighted by Gasteiger charge is 2.18. The second-order valence-electron chi connectivity index (χ2n) is 3.54. The highest BCUT2D eigenvalue weighted by Crippen LogP contribution is 2.16. The molecule has 1 saturated heterocycles. The Labute approximate surface area is 92.7 Å². The lowest BCUT2D eigenvalue weighted by molar-refractivity contribution is 0.122. The fourth-order valence-corrected chi connectivity index (χ4v) is 1.68. The van der Waals surface area contributed by atoms with Gasteiger partial charge in [0.1, 0.15) is 11.6 Å². The number of rotatable bonds is 1. The second kappa shape index (κ2) is 4.33. The van der Waals surface area contributed by atoms with Gasteiger partial charge in [0.15, 0.2) is 0 Å². The minimum Gasteiger partial charge on any atom is -0.378 e. The molecule has 0 spiro atoms. The van der Waals surface area contributed by atoms with E-state index in [0.717, 1.165) is 0 Å². The predicted molar refractivity (Wildman–Crippen MR) is 57.2 cm³/mol. The molecule has 1 aliphatic rings. The molecule has 2 heterocycles. The van der Waals surface area contributed by atoms with E-state index in [1.807, 2.05) is 11.0 Å². The maximum atomic E-state index is 11.7. The zero-order valence-electron chi connectivity index (χ0n) is 9.01. The van der Waals surface area contributed by atoms with Crippen LogP contribution in [0.5, 0.6) is 0 Å². The summed E-state index contributed by atoms with van der Waals surface area (Å²) in [5.74, 6) is 0. The van der Waals surface area contributed by atoms with Crippen molar-refractivity contribution in [2.45, 2.75) is 0 Å². The van der Waals surface area contributed by atoms with E-state index in [-0.39, 0.29) is 11.1 Å². The number of morpholine rings is 1. The quantitative estimate of drug-likeness (QED) is 0.637. The van der Waals surface area contributed by atoms with Gasteiger partial charge in [-0.2, -0.15) is 10.4 Å². The van der Waals surface area contributed by atoms with Crippen molar-refractivity contribution in [1.29, 1.82) is 5.26 Å². The summed E-state index contributed by atoms with van der Waals surface area (Å²) in [7, 11) is 1.53. The molecule has 1 aromatic rings. The van der Waals surface area contributed by atoms with E-state index < -0.39 is 0 Å². The third kappa shape index (κ3) is 1.77. The molecule has 0 bridgehead atoms. The zero-order chi connectivity index (χ0) is 11.5. The molecule has 16 heavy (non-hydrogen) atoms. The van der Waals surface area contributed by atoms with Crippen LogP contribution in [0.25, 0.3) is 0 Å². The van der Waals surface area contributed by atoms with Gasteiger partial charge >= 0.3 is 0 Å². The van der Waals surface area contributed by atoms with Gasteiger partial charge in [0.2, 0.25) is 0 Å². The lowest BCUT2D eigenvalue weighted by atomic mass is 10.2. The van der Waals surface area contributed by atoms with Gasteiger partial charge in [-0.1, -0.05) is 0 Å². The van der Waals surface area contributed by atoms with Gasteiger partial charge in [-0.3, -0.25) is 4.79 Å². The number of hydrogen-bond acceptors (Lipinski definition) is 5. The monoisotopic (exact) mass is 220 g/mol. The number of nitriles is 1. The molecule has 6 heteroatoms. The fraction of sp³-hybridized carbons (Fsp3) is 0.500. The summed E-state index contributed by atoms with van der Waals surface area (Å²) in [6.07, 6.45) is 1.56. The molecule has 2 rings (SSSR count). The van der Waals surface area contributed by atoms with Crippen LogP contribution in [0.1, 0.15) is 5.56 Å². The first-order chi connectivity index (χ1) is 7.74. The molecule has 0 radical (unpaired) electrons. The summed E-state index contributed by atoms with van der Waals surface area (Å²) in [5.41, 5.74) is 0.403. The molecule has 0 unspecified atom stereocenters. The largest absolute Gasteiger partial charge is 0.378 e. The summed E-state index contributed by atoms with van der Waals surface area (Å²) in [5, 5.41) is 12.9. The van der Waals surface area contributed by atoms with Crippen LogP contribution in [0, 0.1) is 11.3 Å². The van der Waals surface area contributed by atoms with Crippen molar-refractivity contribution in [2.75, 3.05) is 31.2 Å². The summed E-state index contributed by atoms with van der Waals surface area (Å²) in [6.45, 7) is 2.59. The topological polar surface area (TPSA) is 71.2 Å². The molecule has 0 N–H and O–H groups in total. The minimum absolute atomic E-state index is 0.152. The summed E-state index contributed by atoms with van der Waals surface area (Å²) >= 11 is 0. The first-order valence-corrected chi connectivity index (χ1v) is 5.03. The normalized spacial score (nSPS) is 15.9. The van der Waals surface area contributed by atoms with Gasteiger partial charge in [-0.15, -0.1) is 0 Å². The average Bonchev–Trinajstić information content (AvgIpc) is 2.33. The van der Waals surface area contributed by atoms with Crippen LogP contribution in [-0.2, 0) is 11.8 Å². The van der Waals surface area contributed by atoms with Crippen LogP contribution in [0.4, 0.5) is 5.69 Å². The van der Waals surface area contributed by atoms with E-state index in [4.69, 9.17) is 10.00 Å². The van der Waals surface area contributed by atoms with Crippen molar-refractivity contribution in [3.8, 4) is 6.07 Å². The van der Waals surface area contributed by atoms with Crippen molar-refractivity contribution in [2.24, 2.45) is 7.05 Å². The lowest BCUT2D eigenvalue weighted by Crippen LogP contribution is -2.38. The van der Waals surface area contributed by atoms with Crippen molar-refractivity contribution in [3.05, 3.63) is 22.1 Å². The predicted octanol–water partition coefficient (Wildman–Crippen LogP) is -0.511. The molecular weight excluding hydrogens is 208 g/mol. The van der Waals surface area contributed by atoms with Gasteiger partial charge in [0.25, 0.3) is 5.56 Å². The van der Waals surface area contributed by atoms with Crippen molar-refractivity contribution >= 4 is 5.69 Å². The van der Waals surface area contributed by atoms with E-state index in [2.05, 4.69) is 5.10 Å². The first-order valence-electron chi connectivity index (χ1n) is 5.03. The smallest absolute Gasteiger partial charge is 0.286 e. The number of aromatic nitrogens is 2. The molecular formula is C10H12N4O2. The lowest BCUT2D eigenvalue weighted by Gasteiger charge is -2.28. The zero-order valence-corrected chi connectivity index (χ0v) is 9.01. The van der Waals surface area contributed by atoms with Crippen LogP contribution >= 0.6 is 0 Å². The Hall–Kier alpha value is -1.87. The number of ether oxygens (including phenoxy) is 1. The fourth-order valence-electron chi connectivity index (χ4n) is 1.68. The van der Waals surface area contributed by atoms with E-state index in [1.165, 1.54) is 11.7 Å². The van der Waals surface area contributed by atoms with Crippen LogP contribution in [0.3, 0.4) is 0 Å². The van der Waals surface area contributed by atoms with Crippen LogP contribution in [0.15, 0.2) is 11.0 Å². The molecule has 84 valence electrons. The third-order valence-electron chi connectivity index (χ3n) is 2.58. The van der Waals surface area contributed by atoms with Gasteiger partial charge in [0, 0.05) is 20.1 Å². The average molecular weight is 220 g/mol. The molecule has 6 nitrogen and oxygen atoms in total. The van der Waals surface area contributed by atoms with Gasteiger partial charge < -0.3 is 9.64 Å². The van der Waals surface area contributed by atoms with Crippen LogP contribution in [-0.4, -0.2) is 36.1 Å². The van der Waals surface area contributed by atoms with E-state index >= 15 is 0 Å². The Morgan fingerprint density at radius 1 is 1.50 bits per heavy atom. The van der Waals surface area contributed by atoms with E-state index in [1.54, 1.807) is 6.20 Å². The Bertz CT molecular complexity index is 483. The summed E-state index contributed by atoms with van der Waals surface area (Å²) in [4.78, 5) is 13.6. The summed E-state index contributed by atoms with van der Waals surface area (Å²) in [6, 6.07) is 1.95. The maximum absolute atomic E-state index is 11.7. The number of nitrogens with zero attached hydrogens (tertiary/aromatic N) is 4. The molecule has 1 aromatic heterocycles. The van der Waals surface area contributed by atoms with Crippen molar-refractivity contribution in [3.63, 3.8) is 0 Å². The molecule has 1 fully saturated rings. The Morgan fingerprint density at radius 2 is 2.19 bits per heavy atom. The first kappa shape index (κ1) is 10.6. The van der Waals surface area contributed by atoms with E-state index in [0.29, 0.717) is 32.0 Å². The summed E-state index contributed by atoms with van der Waals surface area (Å²) < 4.78 is 6.39. The molecule has 0 saturated carbocycles. The van der Waals surface area contributed by atoms with Crippen LogP contribution < -0.4 is 10.5 Å². The Morgan fingerprint density at radius 3 is 2.81 bits per heavy atom.